The Morgan fingerprint density at radius 2 is 1.93 bits per heavy atom. The summed E-state index contributed by atoms with van der Waals surface area (Å²) in [5.41, 5.74) is -0.639. The van der Waals surface area contributed by atoms with Gasteiger partial charge in [0, 0.05) is 25.2 Å². The topological polar surface area (TPSA) is 60.1 Å². The van der Waals surface area contributed by atoms with Gasteiger partial charge in [-0.15, -0.1) is 0 Å². The monoisotopic (exact) mass is 380 g/mol. The highest BCUT2D eigenvalue weighted by atomic mass is 19.4. The summed E-state index contributed by atoms with van der Waals surface area (Å²) >= 11 is 0. The highest BCUT2D eigenvalue weighted by Gasteiger charge is 2.37. The van der Waals surface area contributed by atoms with Crippen LogP contribution in [0.2, 0.25) is 0 Å². The molecule has 27 heavy (non-hydrogen) atoms. The van der Waals surface area contributed by atoms with E-state index in [0.717, 1.165) is 30.0 Å². The van der Waals surface area contributed by atoms with Crippen molar-refractivity contribution in [2.24, 2.45) is 0 Å². The van der Waals surface area contributed by atoms with E-state index in [1.807, 2.05) is 0 Å². The molecular formula is C18H19F3N4O2. The van der Waals surface area contributed by atoms with Crippen LogP contribution >= 0.6 is 0 Å². The fourth-order valence-electron chi connectivity index (χ4n) is 3.90. The molecule has 9 heteroatoms. The second-order valence-electron chi connectivity index (χ2n) is 6.92. The molecule has 1 amide bonds. The number of carbonyl (C=O) groups is 1. The van der Waals surface area contributed by atoms with Crippen LogP contribution in [0.4, 0.5) is 18.9 Å². The molecule has 0 saturated heterocycles. The lowest BCUT2D eigenvalue weighted by atomic mass is 10.0. The number of rotatable bonds is 2. The molecule has 0 bridgehead atoms. The van der Waals surface area contributed by atoms with Crippen LogP contribution in [-0.2, 0) is 36.9 Å². The predicted octanol–water partition coefficient (Wildman–Crippen LogP) is 2.38. The molecule has 0 spiro atoms. The lowest BCUT2D eigenvalue weighted by Crippen LogP contribution is -2.36. The molecule has 2 aromatic rings. The number of alkyl halides is 3. The normalized spacial score (nSPS) is 16.8. The van der Waals surface area contributed by atoms with Crippen LogP contribution in [0.3, 0.4) is 0 Å². The zero-order valence-corrected chi connectivity index (χ0v) is 14.6. The molecule has 144 valence electrons. The van der Waals surface area contributed by atoms with Gasteiger partial charge in [0.25, 0.3) is 0 Å². The maximum atomic E-state index is 13.2. The van der Waals surface area contributed by atoms with Gasteiger partial charge in [-0.05, 0) is 37.0 Å². The van der Waals surface area contributed by atoms with Gasteiger partial charge in [-0.25, -0.2) is 9.48 Å². The minimum atomic E-state index is -4.46. The predicted molar refractivity (Wildman–Crippen MR) is 91.5 cm³/mol. The van der Waals surface area contributed by atoms with Gasteiger partial charge < -0.3 is 4.90 Å². The number of anilines is 1. The molecule has 4 rings (SSSR count). The summed E-state index contributed by atoms with van der Waals surface area (Å²) in [6.45, 7) is 0.488. The van der Waals surface area contributed by atoms with Crippen molar-refractivity contribution >= 4 is 11.6 Å². The second-order valence-corrected chi connectivity index (χ2v) is 6.92. The van der Waals surface area contributed by atoms with Crippen LogP contribution in [0.15, 0.2) is 23.0 Å². The van der Waals surface area contributed by atoms with Crippen molar-refractivity contribution < 1.29 is 18.0 Å². The Labute approximate surface area is 153 Å². The highest BCUT2D eigenvalue weighted by molar-refractivity contribution is 5.95. The number of halogens is 3. The van der Waals surface area contributed by atoms with Crippen molar-refractivity contribution in [1.29, 1.82) is 0 Å². The molecule has 2 aliphatic rings. The van der Waals surface area contributed by atoms with E-state index in [1.165, 1.54) is 17.0 Å². The number of benzene rings is 1. The van der Waals surface area contributed by atoms with E-state index < -0.39 is 17.6 Å². The molecule has 0 aliphatic carbocycles. The molecule has 2 aliphatic heterocycles. The standard InChI is InChI=1S/C18H19F3N4O2/c19-18(20,21)13-5-4-6-14-12(13)8-10-23(14)16(26)11-25-17(27)24-9-3-1-2-7-15(24)22-25/h4-6H,1-3,7-11H2. The first-order valence-electron chi connectivity index (χ1n) is 9.02. The summed E-state index contributed by atoms with van der Waals surface area (Å²) in [4.78, 5) is 26.5. The summed E-state index contributed by atoms with van der Waals surface area (Å²) in [5, 5.41) is 4.27. The molecule has 0 saturated carbocycles. The molecule has 0 fully saturated rings. The molecule has 0 unspecified atom stereocenters. The van der Waals surface area contributed by atoms with Crippen LogP contribution < -0.4 is 10.6 Å². The Hall–Kier alpha value is -2.58. The third kappa shape index (κ3) is 3.15. The summed E-state index contributed by atoms with van der Waals surface area (Å²) in [7, 11) is 0. The first-order chi connectivity index (χ1) is 12.9. The van der Waals surface area contributed by atoms with Crippen LogP contribution in [0, 0.1) is 0 Å². The van der Waals surface area contributed by atoms with Crippen LogP contribution in [0.25, 0.3) is 0 Å². The van der Waals surface area contributed by atoms with E-state index in [4.69, 9.17) is 0 Å². The largest absolute Gasteiger partial charge is 0.416 e. The third-order valence-corrected chi connectivity index (χ3v) is 5.20. The van der Waals surface area contributed by atoms with E-state index in [9.17, 15) is 22.8 Å². The smallest absolute Gasteiger partial charge is 0.310 e. The molecule has 0 N–H and O–H groups in total. The minimum absolute atomic E-state index is 0.131. The summed E-state index contributed by atoms with van der Waals surface area (Å²) in [6, 6.07) is 3.85. The van der Waals surface area contributed by atoms with E-state index in [2.05, 4.69) is 5.10 Å². The average molecular weight is 380 g/mol. The van der Waals surface area contributed by atoms with Crippen molar-refractivity contribution in [2.45, 2.75) is 51.4 Å². The molecule has 1 aromatic carbocycles. The lowest BCUT2D eigenvalue weighted by molar-refractivity contribution is -0.138. The van der Waals surface area contributed by atoms with Crippen molar-refractivity contribution in [3.05, 3.63) is 45.6 Å². The van der Waals surface area contributed by atoms with Gasteiger partial charge in [0.05, 0.1) is 5.56 Å². The number of amides is 1. The van der Waals surface area contributed by atoms with Gasteiger partial charge in [0.2, 0.25) is 5.91 Å². The Balaban J connectivity index is 1.59. The van der Waals surface area contributed by atoms with Crippen LogP contribution in [-0.4, -0.2) is 26.8 Å². The molecule has 0 radical (unpaired) electrons. The lowest BCUT2D eigenvalue weighted by Gasteiger charge is -2.18. The summed E-state index contributed by atoms with van der Waals surface area (Å²) < 4.78 is 42.3. The van der Waals surface area contributed by atoms with Gasteiger partial charge in [-0.3, -0.25) is 9.36 Å². The average Bonchev–Trinajstić information content (AvgIpc) is 3.07. The number of carbonyl (C=O) groups excluding carboxylic acids is 1. The first kappa shape index (κ1) is 17.8. The number of fused-ring (bicyclic) bond motifs is 2. The van der Waals surface area contributed by atoms with Gasteiger partial charge in [-0.2, -0.15) is 18.3 Å². The first-order valence-corrected chi connectivity index (χ1v) is 9.02. The maximum absolute atomic E-state index is 13.2. The number of hydrogen-bond donors (Lipinski definition) is 0. The van der Waals surface area contributed by atoms with Crippen molar-refractivity contribution in [3.63, 3.8) is 0 Å². The summed E-state index contributed by atoms with van der Waals surface area (Å²) in [6.07, 6.45) is -0.740. The highest BCUT2D eigenvalue weighted by Crippen LogP contribution is 2.39. The number of hydrogen-bond acceptors (Lipinski definition) is 3. The molecule has 6 nitrogen and oxygen atoms in total. The van der Waals surface area contributed by atoms with Gasteiger partial charge in [0.1, 0.15) is 12.4 Å². The van der Waals surface area contributed by atoms with Crippen molar-refractivity contribution in [1.82, 2.24) is 14.3 Å². The Bertz CT molecular complexity index is 945. The number of nitrogens with zero attached hydrogens (tertiary/aromatic N) is 4. The fourth-order valence-corrected chi connectivity index (χ4v) is 3.90. The minimum Gasteiger partial charge on any atom is -0.310 e. The number of aryl methyl sites for hydroxylation is 1. The van der Waals surface area contributed by atoms with Crippen molar-refractivity contribution in [3.8, 4) is 0 Å². The van der Waals surface area contributed by atoms with E-state index in [-0.39, 0.29) is 36.5 Å². The van der Waals surface area contributed by atoms with Gasteiger partial charge >= 0.3 is 11.9 Å². The quantitative estimate of drug-likeness (QED) is 0.804. The Morgan fingerprint density at radius 1 is 1.11 bits per heavy atom. The van der Waals surface area contributed by atoms with Crippen LogP contribution in [0.1, 0.15) is 36.2 Å². The second kappa shape index (κ2) is 6.54. The fraction of sp³-hybridized carbons (Fsp3) is 0.500. The molecular weight excluding hydrogens is 361 g/mol. The molecule has 3 heterocycles. The van der Waals surface area contributed by atoms with E-state index in [0.29, 0.717) is 18.8 Å². The molecule has 1 aromatic heterocycles. The third-order valence-electron chi connectivity index (χ3n) is 5.20. The zero-order chi connectivity index (χ0) is 19.2. The maximum Gasteiger partial charge on any atom is 0.416 e. The van der Waals surface area contributed by atoms with Crippen molar-refractivity contribution in [2.75, 3.05) is 11.4 Å². The summed E-state index contributed by atoms with van der Waals surface area (Å²) in [5.74, 6) is 0.245. The van der Waals surface area contributed by atoms with Gasteiger partial charge in [-0.1, -0.05) is 12.5 Å². The van der Waals surface area contributed by atoms with E-state index in [1.54, 1.807) is 4.57 Å². The molecule has 0 atom stereocenters. The van der Waals surface area contributed by atoms with Crippen LogP contribution in [0.5, 0.6) is 0 Å². The number of aromatic nitrogens is 3. The van der Waals surface area contributed by atoms with E-state index >= 15 is 0 Å². The van der Waals surface area contributed by atoms with Gasteiger partial charge in [0.15, 0.2) is 0 Å². The SMILES string of the molecule is O=C(Cn1nc2n(c1=O)CCCCC2)N1CCc2c1cccc2C(F)(F)F. The Kier molecular flexibility index (Phi) is 4.32. The zero-order valence-electron chi connectivity index (χ0n) is 14.6. The Morgan fingerprint density at radius 3 is 2.70 bits per heavy atom.